The molecule has 2 nitrogen and oxygen atoms in total. The van der Waals surface area contributed by atoms with E-state index in [2.05, 4.69) is 0 Å². The van der Waals surface area contributed by atoms with Crippen LogP contribution in [0.1, 0.15) is 30.9 Å². The zero-order chi connectivity index (χ0) is 9.14. The van der Waals surface area contributed by atoms with E-state index in [1.54, 1.807) is 12.1 Å². The highest BCUT2D eigenvalue weighted by molar-refractivity contribution is 5.40. The fourth-order valence-corrected chi connectivity index (χ4v) is 1.40. The standard InChI is InChI=1S/C10H14O2/c1-7(2)10-8(6-11)4-3-5-9(10)12/h3-5,7,11-12H,6H2,1-2H3. The molecule has 0 radical (unpaired) electrons. The normalized spacial score (nSPS) is 10.7. The van der Waals surface area contributed by atoms with E-state index < -0.39 is 0 Å². The molecule has 1 rings (SSSR count). The summed E-state index contributed by atoms with van der Waals surface area (Å²) < 4.78 is 0. The molecule has 0 spiro atoms. The van der Waals surface area contributed by atoms with Gasteiger partial charge in [-0.25, -0.2) is 0 Å². The first kappa shape index (κ1) is 9.07. The summed E-state index contributed by atoms with van der Waals surface area (Å²) in [5, 5.41) is 18.5. The van der Waals surface area contributed by atoms with Crippen molar-refractivity contribution >= 4 is 0 Å². The third kappa shape index (κ3) is 1.59. The Hall–Kier alpha value is -1.02. The Morgan fingerprint density at radius 3 is 2.42 bits per heavy atom. The quantitative estimate of drug-likeness (QED) is 0.705. The van der Waals surface area contributed by atoms with Crippen molar-refractivity contribution in [2.24, 2.45) is 0 Å². The number of phenolic OH excluding ortho intramolecular Hbond substituents is 1. The lowest BCUT2D eigenvalue weighted by atomic mass is 9.96. The van der Waals surface area contributed by atoms with Gasteiger partial charge in [0.15, 0.2) is 0 Å². The Morgan fingerprint density at radius 2 is 2.00 bits per heavy atom. The Kier molecular flexibility index (Phi) is 2.71. The summed E-state index contributed by atoms with van der Waals surface area (Å²) in [5.41, 5.74) is 1.66. The van der Waals surface area contributed by atoms with E-state index in [-0.39, 0.29) is 18.3 Å². The minimum Gasteiger partial charge on any atom is -0.508 e. The molecule has 0 heterocycles. The zero-order valence-electron chi connectivity index (χ0n) is 7.41. The molecule has 0 saturated carbocycles. The summed E-state index contributed by atoms with van der Waals surface area (Å²) in [6.45, 7) is 3.98. The highest BCUT2D eigenvalue weighted by Gasteiger charge is 2.09. The first-order chi connectivity index (χ1) is 5.66. The van der Waals surface area contributed by atoms with Crippen LogP contribution in [0.2, 0.25) is 0 Å². The van der Waals surface area contributed by atoms with Crippen LogP contribution in [-0.4, -0.2) is 10.2 Å². The second kappa shape index (κ2) is 3.59. The molecule has 2 heteroatoms. The number of benzene rings is 1. The van der Waals surface area contributed by atoms with Gasteiger partial charge in [0.2, 0.25) is 0 Å². The smallest absolute Gasteiger partial charge is 0.119 e. The number of hydrogen-bond acceptors (Lipinski definition) is 2. The number of rotatable bonds is 2. The summed E-state index contributed by atoms with van der Waals surface area (Å²) >= 11 is 0. The van der Waals surface area contributed by atoms with Crippen LogP contribution in [0.3, 0.4) is 0 Å². The number of aromatic hydroxyl groups is 1. The lowest BCUT2D eigenvalue weighted by molar-refractivity contribution is 0.279. The molecule has 0 aliphatic rings. The molecule has 0 aliphatic carbocycles. The molecule has 66 valence electrons. The molecule has 0 aromatic heterocycles. The highest BCUT2D eigenvalue weighted by Crippen LogP contribution is 2.28. The Balaban J connectivity index is 3.20. The van der Waals surface area contributed by atoms with Gasteiger partial charge in [0.25, 0.3) is 0 Å². The van der Waals surface area contributed by atoms with Crippen molar-refractivity contribution in [3.8, 4) is 5.75 Å². The van der Waals surface area contributed by atoms with Gasteiger partial charge in [0, 0.05) is 5.56 Å². The van der Waals surface area contributed by atoms with Gasteiger partial charge >= 0.3 is 0 Å². The molecular weight excluding hydrogens is 152 g/mol. The Bertz CT molecular complexity index is 267. The van der Waals surface area contributed by atoms with Crippen LogP contribution in [-0.2, 0) is 6.61 Å². The van der Waals surface area contributed by atoms with Crippen molar-refractivity contribution in [3.63, 3.8) is 0 Å². The number of hydrogen-bond donors (Lipinski definition) is 2. The maximum absolute atomic E-state index is 9.48. The monoisotopic (exact) mass is 166 g/mol. The molecule has 0 amide bonds. The lowest BCUT2D eigenvalue weighted by Crippen LogP contribution is -1.96. The van der Waals surface area contributed by atoms with Crippen molar-refractivity contribution in [1.29, 1.82) is 0 Å². The molecule has 1 aromatic rings. The van der Waals surface area contributed by atoms with Gasteiger partial charge in [-0.3, -0.25) is 0 Å². The van der Waals surface area contributed by atoms with Crippen LogP contribution in [0, 0.1) is 0 Å². The highest BCUT2D eigenvalue weighted by atomic mass is 16.3. The van der Waals surface area contributed by atoms with Crippen LogP contribution >= 0.6 is 0 Å². The largest absolute Gasteiger partial charge is 0.508 e. The third-order valence-electron chi connectivity index (χ3n) is 1.92. The zero-order valence-corrected chi connectivity index (χ0v) is 7.41. The minimum absolute atomic E-state index is 0.0120. The number of aliphatic hydroxyl groups is 1. The first-order valence-electron chi connectivity index (χ1n) is 4.08. The maximum atomic E-state index is 9.48. The van der Waals surface area contributed by atoms with Gasteiger partial charge in [-0.05, 0) is 17.5 Å². The van der Waals surface area contributed by atoms with Crippen molar-refractivity contribution in [2.45, 2.75) is 26.4 Å². The molecule has 2 N–H and O–H groups in total. The van der Waals surface area contributed by atoms with E-state index in [0.717, 1.165) is 11.1 Å². The van der Waals surface area contributed by atoms with E-state index >= 15 is 0 Å². The molecule has 0 atom stereocenters. The number of aliphatic hydroxyl groups excluding tert-OH is 1. The van der Waals surface area contributed by atoms with Gasteiger partial charge in [0.05, 0.1) is 6.61 Å². The molecule has 12 heavy (non-hydrogen) atoms. The lowest BCUT2D eigenvalue weighted by Gasteiger charge is -2.12. The molecule has 0 saturated heterocycles. The molecule has 1 aromatic carbocycles. The summed E-state index contributed by atoms with van der Waals surface area (Å²) in [6.07, 6.45) is 0. The second-order valence-electron chi connectivity index (χ2n) is 3.16. The van der Waals surface area contributed by atoms with Crippen molar-refractivity contribution < 1.29 is 10.2 Å². The molecular formula is C10H14O2. The second-order valence-corrected chi connectivity index (χ2v) is 3.16. The number of phenols is 1. The van der Waals surface area contributed by atoms with Gasteiger partial charge in [-0.15, -0.1) is 0 Å². The van der Waals surface area contributed by atoms with E-state index in [1.165, 1.54) is 0 Å². The Morgan fingerprint density at radius 1 is 1.33 bits per heavy atom. The van der Waals surface area contributed by atoms with E-state index in [0.29, 0.717) is 0 Å². The summed E-state index contributed by atoms with van der Waals surface area (Å²) in [4.78, 5) is 0. The summed E-state index contributed by atoms with van der Waals surface area (Å²) in [5.74, 6) is 0.518. The topological polar surface area (TPSA) is 40.5 Å². The fraction of sp³-hybridized carbons (Fsp3) is 0.400. The summed E-state index contributed by atoms with van der Waals surface area (Å²) in [6, 6.07) is 5.22. The van der Waals surface area contributed by atoms with Gasteiger partial charge in [-0.2, -0.15) is 0 Å². The van der Waals surface area contributed by atoms with Gasteiger partial charge in [0.1, 0.15) is 5.75 Å². The molecule has 0 unspecified atom stereocenters. The van der Waals surface area contributed by atoms with Gasteiger partial charge < -0.3 is 10.2 Å². The van der Waals surface area contributed by atoms with Crippen molar-refractivity contribution in [3.05, 3.63) is 29.3 Å². The maximum Gasteiger partial charge on any atom is 0.119 e. The Labute approximate surface area is 72.5 Å². The molecule has 0 aliphatic heterocycles. The van der Waals surface area contributed by atoms with Crippen LogP contribution in [0.4, 0.5) is 0 Å². The fourth-order valence-electron chi connectivity index (χ4n) is 1.40. The predicted molar refractivity (Wildman–Crippen MR) is 48.1 cm³/mol. The van der Waals surface area contributed by atoms with E-state index in [9.17, 15) is 5.11 Å². The van der Waals surface area contributed by atoms with E-state index in [4.69, 9.17) is 5.11 Å². The summed E-state index contributed by atoms with van der Waals surface area (Å²) in [7, 11) is 0. The average Bonchev–Trinajstić information content (AvgIpc) is 2.03. The minimum atomic E-state index is -0.0120. The SMILES string of the molecule is CC(C)c1c(O)cccc1CO. The van der Waals surface area contributed by atoms with Crippen LogP contribution in [0.15, 0.2) is 18.2 Å². The average molecular weight is 166 g/mol. The molecule has 0 bridgehead atoms. The van der Waals surface area contributed by atoms with Gasteiger partial charge in [-0.1, -0.05) is 26.0 Å². The first-order valence-corrected chi connectivity index (χ1v) is 4.08. The van der Waals surface area contributed by atoms with E-state index in [1.807, 2.05) is 19.9 Å². The van der Waals surface area contributed by atoms with Crippen LogP contribution in [0.25, 0.3) is 0 Å². The van der Waals surface area contributed by atoms with Crippen molar-refractivity contribution in [1.82, 2.24) is 0 Å². The van der Waals surface area contributed by atoms with Crippen LogP contribution in [0.5, 0.6) is 5.75 Å². The predicted octanol–water partition coefficient (Wildman–Crippen LogP) is 2.01. The molecule has 0 fully saturated rings. The van der Waals surface area contributed by atoms with Crippen LogP contribution < -0.4 is 0 Å². The third-order valence-corrected chi connectivity index (χ3v) is 1.92. The van der Waals surface area contributed by atoms with Crippen molar-refractivity contribution in [2.75, 3.05) is 0 Å².